The van der Waals surface area contributed by atoms with Crippen LogP contribution in [0.25, 0.3) is 0 Å². The summed E-state index contributed by atoms with van der Waals surface area (Å²) in [4.78, 5) is 20.6. The Kier molecular flexibility index (Phi) is 3.95. The van der Waals surface area contributed by atoms with Crippen molar-refractivity contribution in [1.29, 1.82) is 0 Å². The van der Waals surface area contributed by atoms with Gasteiger partial charge < -0.3 is 10.6 Å². The lowest BCUT2D eigenvalue weighted by atomic mass is 10.1. The molecule has 3 rings (SSSR count). The van der Waals surface area contributed by atoms with E-state index in [4.69, 9.17) is 5.73 Å². The van der Waals surface area contributed by atoms with E-state index in [-0.39, 0.29) is 35.0 Å². The van der Waals surface area contributed by atoms with Crippen molar-refractivity contribution in [2.45, 2.75) is 19.4 Å². The number of hydrogen-bond donors (Lipinski definition) is 1. The highest BCUT2D eigenvalue weighted by Crippen LogP contribution is 2.38. The van der Waals surface area contributed by atoms with Crippen LogP contribution in [0.4, 0.5) is 23.1 Å². The number of aromatic nitrogens is 2. The molecule has 8 heteroatoms. The average Bonchev–Trinajstić information content (AvgIpc) is 2.73. The molecule has 110 valence electrons. The van der Waals surface area contributed by atoms with E-state index in [0.29, 0.717) is 5.82 Å². The summed E-state index contributed by atoms with van der Waals surface area (Å²) < 4.78 is 0. The van der Waals surface area contributed by atoms with Gasteiger partial charge in [-0.2, -0.15) is 4.98 Å². The molecule has 0 saturated heterocycles. The molecular weight excluding hydrogens is 294 g/mol. The molecule has 1 aromatic carbocycles. The van der Waals surface area contributed by atoms with Crippen molar-refractivity contribution in [1.82, 2.24) is 9.97 Å². The molecule has 0 radical (unpaired) electrons. The molecule has 21 heavy (non-hydrogen) atoms. The van der Waals surface area contributed by atoms with Crippen LogP contribution in [-0.2, 0) is 6.42 Å². The van der Waals surface area contributed by atoms with Crippen molar-refractivity contribution < 1.29 is 4.92 Å². The van der Waals surface area contributed by atoms with Gasteiger partial charge in [-0.1, -0.05) is 0 Å². The molecule has 1 aliphatic heterocycles. The molecule has 1 atom stereocenters. The van der Waals surface area contributed by atoms with Gasteiger partial charge in [0.2, 0.25) is 5.95 Å². The molecular formula is C13H14ClN5O2. The zero-order chi connectivity index (χ0) is 14.3. The fourth-order valence-corrected chi connectivity index (χ4v) is 2.58. The maximum absolute atomic E-state index is 10.8. The SMILES string of the molecule is CC1Cc2cc([N+](=O)[O-])ccc2N1c1ccnc(N)n1.Cl. The van der Waals surface area contributed by atoms with Gasteiger partial charge >= 0.3 is 0 Å². The van der Waals surface area contributed by atoms with Crippen LogP contribution < -0.4 is 10.6 Å². The van der Waals surface area contributed by atoms with Gasteiger partial charge in [0.25, 0.3) is 5.69 Å². The maximum atomic E-state index is 10.8. The summed E-state index contributed by atoms with van der Waals surface area (Å²) >= 11 is 0. The van der Waals surface area contributed by atoms with Crippen LogP contribution in [-0.4, -0.2) is 20.9 Å². The Morgan fingerprint density at radius 2 is 2.19 bits per heavy atom. The second-order valence-corrected chi connectivity index (χ2v) is 4.77. The Hall–Kier alpha value is -2.41. The third kappa shape index (κ3) is 2.59. The number of nitrogens with zero attached hydrogens (tertiary/aromatic N) is 4. The molecule has 0 saturated carbocycles. The fourth-order valence-electron chi connectivity index (χ4n) is 2.58. The van der Waals surface area contributed by atoms with Crippen molar-refractivity contribution in [2.24, 2.45) is 0 Å². The van der Waals surface area contributed by atoms with E-state index in [1.807, 2.05) is 11.8 Å². The molecule has 0 aliphatic carbocycles. The average molecular weight is 308 g/mol. The number of nitrogens with two attached hydrogens (primary N) is 1. The number of non-ortho nitro benzene ring substituents is 1. The number of rotatable bonds is 2. The first-order chi connectivity index (χ1) is 9.56. The van der Waals surface area contributed by atoms with E-state index in [1.165, 1.54) is 6.07 Å². The van der Waals surface area contributed by atoms with E-state index < -0.39 is 0 Å². The maximum Gasteiger partial charge on any atom is 0.269 e. The number of nitro groups is 1. The van der Waals surface area contributed by atoms with Crippen LogP contribution in [0.5, 0.6) is 0 Å². The van der Waals surface area contributed by atoms with Crippen molar-refractivity contribution in [2.75, 3.05) is 10.6 Å². The molecule has 0 fully saturated rings. The lowest BCUT2D eigenvalue weighted by Crippen LogP contribution is -2.25. The number of halogens is 1. The zero-order valence-corrected chi connectivity index (χ0v) is 12.1. The molecule has 0 bridgehead atoms. The first-order valence-electron chi connectivity index (χ1n) is 6.21. The van der Waals surface area contributed by atoms with Crippen molar-refractivity contribution >= 4 is 35.5 Å². The lowest BCUT2D eigenvalue weighted by molar-refractivity contribution is -0.384. The minimum absolute atomic E-state index is 0. The summed E-state index contributed by atoms with van der Waals surface area (Å²) in [5, 5.41) is 10.8. The van der Waals surface area contributed by atoms with Crippen LogP contribution in [0.15, 0.2) is 30.5 Å². The van der Waals surface area contributed by atoms with Gasteiger partial charge in [-0.15, -0.1) is 12.4 Å². The van der Waals surface area contributed by atoms with Crippen LogP contribution in [0.1, 0.15) is 12.5 Å². The molecule has 1 unspecified atom stereocenters. The molecule has 2 heterocycles. The van der Waals surface area contributed by atoms with Gasteiger partial charge in [-0.25, -0.2) is 4.98 Å². The summed E-state index contributed by atoms with van der Waals surface area (Å²) in [5.74, 6) is 0.919. The smallest absolute Gasteiger partial charge is 0.269 e. The summed E-state index contributed by atoms with van der Waals surface area (Å²) in [6, 6.07) is 6.84. The normalized spacial score (nSPS) is 16.2. The van der Waals surface area contributed by atoms with Gasteiger partial charge in [0.05, 0.1) is 4.92 Å². The zero-order valence-electron chi connectivity index (χ0n) is 11.3. The highest BCUT2D eigenvalue weighted by Gasteiger charge is 2.29. The number of hydrogen-bond acceptors (Lipinski definition) is 6. The van der Waals surface area contributed by atoms with E-state index >= 15 is 0 Å². The predicted octanol–water partition coefficient (Wildman–Crippen LogP) is 2.47. The molecule has 0 amide bonds. The molecule has 2 aromatic rings. The van der Waals surface area contributed by atoms with Gasteiger partial charge in [0.15, 0.2) is 0 Å². The first-order valence-corrected chi connectivity index (χ1v) is 6.21. The largest absolute Gasteiger partial charge is 0.368 e. The minimum atomic E-state index is -0.379. The monoisotopic (exact) mass is 307 g/mol. The topological polar surface area (TPSA) is 98.2 Å². The number of fused-ring (bicyclic) bond motifs is 1. The fraction of sp³-hybridized carbons (Fsp3) is 0.231. The Morgan fingerprint density at radius 1 is 1.43 bits per heavy atom. The second kappa shape index (κ2) is 5.53. The van der Waals surface area contributed by atoms with E-state index in [9.17, 15) is 10.1 Å². The Balaban J connectivity index is 0.00000161. The van der Waals surface area contributed by atoms with E-state index in [0.717, 1.165) is 17.7 Å². The Morgan fingerprint density at radius 3 is 2.86 bits per heavy atom. The van der Waals surface area contributed by atoms with Crippen molar-refractivity contribution in [3.63, 3.8) is 0 Å². The highest BCUT2D eigenvalue weighted by atomic mass is 35.5. The van der Waals surface area contributed by atoms with Crippen LogP contribution in [0.3, 0.4) is 0 Å². The number of anilines is 3. The van der Waals surface area contributed by atoms with Gasteiger partial charge in [0.1, 0.15) is 5.82 Å². The van der Waals surface area contributed by atoms with Crippen LogP contribution in [0.2, 0.25) is 0 Å². The second-order valence-electron chi connectivity index (χ2n) is 4.77. The summed E-state index contributed by atoms with van der Waals surface area (Å²) in [7, 11) is 0. The highest BCUT2D eigenvalue weighted by molar-refractivity contribution is 5.85. The van der Waals surface area contributed by atoms with Crippen LogP contribution >= 0.6 is 12.4 Å². The predicted molar refractivity (Wildman–Crippen MR) is 82.1 cm³/mol. The Bertz CT molecular complexity index is 694. The van der Waals surface area contributed by atoms with E-state index in [2.05, 4.69) is 9.97 Å². The van der Waals surface area contributed by atoms with Gasteiger partial charge in [0, 0.05) is 30.1 Å². The summed E-state index contributed by atoms with van der Waals surface area (Å²) in [6.07, 6.45) is 2.34. The van der Waals surface area contributed by atoms with Gasteiger partial charge in [-0.3, -0.25) is 10.1 Å². The molecule has 7 nitrogen and oxygen atoms in total. The molecule has 2 N–H and O–H groups in total. The summed E-state index contributed by atoms with van der Waals surface area (Å²) in [5.41, 5.74) is 7.61. The van der Waals surface area contributed by atoms with Gasteiger partial charge in [-0.05, 0) is 31.0 Å². The first kappa shape index (κ1) is 15.0. The minimum Gasteiger partial charge on any atom is -0.368 e. The van der Waals surface area contributed by atoms with Crippen molar-refractivity contribution in [3.05, 3.63) is 46.1 Å². The van der Waals surface area contributed by atoms with Crippen molar-refractivity contribution in [3.8, 4) is 0 Å². The third-order valence-electron chi connectivity index (χ3n) is 3.40. The van der Waals surface area contributed by atoms with Crippen LogP contribution in [0, 0.1) is 10.1 Å². The quantitative estimate of drug-likeness (QED) is 0.676. The number of nitro benzene ring substituents is 1. The lowest BCUT2D eigenvalue weighted by Gasteiger charge is -2.23. The third-order valence-corrected chi connectivity index (χ3v) is 3.40. The number of benzene rings is 1. The molecule has 1 aromatic heterocycles. The molecule has 1 aliphatic rings. The summed E-state index contributed by atoms with van der Waals surface area (Å²) in [6.45, 7) is 2.05. The van der Waals surface area contributed by atoms with E-state index in [1.54, 1.807) is 24.4 Å². The molecule has 0 spiro atoms. The standard InChI is InChI=1S/C13H13N5O2.ClH/c1-8-6-9-7-10(18(19)20)2-3-11(9)17(8)12-4-5-15-13(14)16-12;/h2-5,7-8H,6H2,1H3,(H2,14,15,16);1H. The number of nitrogen functional groups attached to an aromatic ring is 1. The Labute approximate surface area is 127 Å².